The van der Waals surface area contributed by atoms with Crippen molar-refractivity contribution in [1.29, 1.82) is 5.26 Å². The summed E-state index contributed by atoms with van der Waals surface area (Å²) < 4.78 is 0. The molecule has 3 heteroatoms. The van der Waals surface area contributed by atoms with Crippen LogP contribution in [-0.4, -0.2) is 11.4 Å². The third-order valence-electron chi connectivity index (χ3n) is 5.69. The molecule has 1 aromatic carbocycles. The fraction of sp³-hybridized carbons (Fsp3) is 0.556. The van der Waals surface area contributed by atoms with Crippen LogP contribution < -0.4 is 5.32 Å². The number of nitrogens with one attached hydrogen (secondary N) is 1. The van der Waals surface area contributed by atoms with Crippen LogP contribution in [0.3, 0.4) is 0 Å². The van der Waals surface area contributed by atoms with Gasteiger partial charge in [-0.15, -0.1) is 0 Å². The molecule has 0 aromatic heterocycles. The fourth-order valence-corrected chi connectivity index (χ4v) is 5.27. The zero-order valence-electron chi connectivity index (χ0n) is 12.1. The summed E-state index contributed by atoms with van der Waals surface area (Å²) in [5.41, 5.74) is 1.32. The van der Waals surface area contributed by atoms with Crippen molar-refractivity contribution in [2.75, 3.05) is 0 Å². The molecule has 5 rings (SSSR count). The number of nitrogens with zero attached hydrogens (tertiary/aromatic N) is 1. The number of nitriles is 1. The molecule has 1 aromatic rings. The summed E-state index contributed by atoms with van der Waals surface area (Å²) in [7, 11) is 0. The molecule has 1 N–H and O–H groups in total. The van der Waals surface area contributed by atoms with Gasteiger partial charge in [0.05, 0.1) is 11.6 Å². The number of hydrogen-bond donors (Lipinski definition) is 1. The zero-order chi connectivity index (χ0) is 14.4. The first-order chi connectivity index (χ1) is 10.2. The van der Waals surface area contributed by atoms with E-state index in [1.807, 2.05) is 0 Å². The number of benzene rings is 1. The van der Waals surface area contributed by atoms with E-state index in [1.165, 1.54) is 38.5 Å². The predicted molar refractivity (Wildman–Crippen MR) is 79.5 cm³/mol. The van der Waals surface area contributed by atoms with Gasteiger partial charge >= 0.3 is 0 Å². The van der Waals surface area contributed by atoms with E-state index in [4.69, 9.17) is 5.26 Å². The van der Waals surface area contributed by atoms with Crippen molar-refractivity contribution in [1.82, 2.24) is 5.32 Å². The molecule has 0 heterocycles. The van der Waals surface area contributed by atoms with Crippen LogP contribution in [0.5, 0.6) is 0 Å². The Balaban J connectivity index is 1.52. The average Bonchev–Trinajstić information content (AvgIpc) is 2.45. The topological polar surface area (TPSA) is 52.9 Å². The monoisotopic (exact) mass is 280 g/mol. The second-order valence-electron chi connectivity index (χ2n) is 7.34. The minimum Gasteiger partial charge on any atom is -0.347 e. The standard InChI is InChI=1S/C18H20N2O/c19-11-12-1-3-16(4-2-12)17(21)20-18-8-13-5-14(9-18)7-15(6-13)10-18/h1-4,13-15H,5-10H2,(H,20,21). The maximum absolute atomic E-state index is 12.5. The molecule has 1 amide bonds. The summed E-state index contributed by atoms with van der Waals surface area (Å²) in [5, 5.41) is 12.2. The van der Waals surface area contributed by atoms with Crippen molar-refractivity contribution in [3.8, 4) is 6.07 Å². The van der Waals surface area contributed by atoms with E-state index in [2.05, 4.69) is 11.4 Å². The highest BCUT2D eigenvalue weighted by Crippen LogP contribution is 2.55. The summed E-state index contributed by atoms with van der Waals surface area (Å²) in [6, 6.07) is 9.04. The highest BCUT2D eigenvalue weighted by molar-refractivity contribution is 5.94. The zero-order valence-corrected chi connectivity index (χ0v) is 12.1. The van der Waals surface area contributed by atoms with Gasteiger partial charge in [0, 0.05) is 11.1 Å². The molecule has 4 fully saturated rings. The molecular weight excluding hydrogens is 260 g/mol. The average molecular weight is 280 g/mol. The molecule has 0 spiro atoms. The van der Waals surface area contributed by atoms with Crippen LogP contribution in [0.15, 0.2) is 24.3 Å². The summed E-state index contributed by atoms with van der Waals surface area (Å²) >= 11 is 0. The van der Waals surface area contributed by atoms with Crippen LogP contribution in [0.4, 0.5) is 0 Å². The van der Waals surface area contributed by atoms with Crippen LogP contribution in [0.25, 0.3) is 0 Å². The van der Waals surface area contributed by atoms with Gasteiger partial charge in [0.2, 0.25) is 0 Å². The Hall–Kier alpha value is -1.82. The smallest absolute Gasteiger partial charge is 0.251 e. The Labute approximate surface area is 125 Å². The SMILES string of the molecule is N#Cc1ccc(C(=O)NC23CC4CC(CC(C4)C2)C3)cc1. The van der Waals surface area contributed by atoms with Gasteiger partial charge in [-0.1, -0.05) is 0 Å². The Bertz CT molecular complexity index is 576. The lowest BCUT2D eigenvalue weighted by Gasteiger charge is -2.56. The molecule has 0 unspecified atom stereocenters. The molecule has 3 nitrogen and oxygen atoms in total. The second kappa shape index (κ2) is 4.59. The van der Waals surface area contributed by atoms with Gasteiger partial charge in [0.1, 0.15) is 0 Å². The van der Waals surface area contributed by atoms with Crippen LogP contribution in [-0.2, 0) is 0 Å². The largest absolute Gasteiger partial charge is 0.347 e. The van der Waals surface area contributed by atoms with E-state index < -0.39 is 0 Å². The van der Waals surface area contributed by atoms with Gasteiger partial charge in [-0.05, 0) is 80.5 Å². The molecule has 108 valence electrons. The van der Waals surface area contributed by atoms with Crippen molar-refractivity contribution in [2.45, 2.75) is 44.1 Å². The highest BCUT2D eigenvalue weighted by Gasteiger charge is 2.51. The van der Waals surface area contributed by atoms with E-state index in [0.717, 1.165) is 17.8 Å². The Kier molecular flexibility index (Phi) is 2.82. The normalized spacial score (nSPS) is 36.2. The maximum atomic E-state index is 12.5. The number of rotatable bonds is 2. The van der Waals surface area contributed by atoms with Crippen LogP contribution in [0.1, 0.15) is 54.4 Å². The maximum Gasteiger partial charge on any atom is 0.251 e. The van der Waals surface area contributed by atoms with Gasteiger partial charge in [0.25, 0.3) is 5.91 Å². The molecule has 4 aliphatic carbocycles. The van der Waals surface area contributed by atoms with Crippen molar-refractivity contribution >= 4 is 5.91 Å². The van der Waals surface area contributed by atoms with Gasteiger partial charge in [0.15, 0.2) is 0 Å². The Morgan fingerprint density at radius 2 is 1.57 bits per heavy atom. The van der Waals surface area contributed by atoms with Crippen molar-refractivity contribution in [3.05, 3.63) is 35.4 Å². The summed E-state index contributed by atoms with van der Waals surface area (Å²) in [5.74, 6) is 2.52. The molecular formula is C18H20N2O. The molecule has 0 aliphatic heterocycles. The van der Waals surface area contributed by atoms with E-state index in [9.17, 15) is 4.79 Å². The number of carbonyl (C=O) groups is 1. The Morgan fingerprint density at radius 1 is 1.05 bits per heavy atom. The van der Waals surface area contributed by atoms with E-state index in [-0.39, 0.29) is 11.4 Å². The summed E-state index contributed by atoms with van der Waals surface area (Å²) in [4.78, 5) is 12.5. The molecule has 0 saturated heterocycles. The lowest BCUT2D eigenvalue weighted by atomic mass is 9.53. The second-order valence-corrected chi connectivity index (χ2v) is 7.34. The molecule has 0 atom stereocenters. The lowest BCUT2D eigenvalue weighted by molar-refractivity contribution is -0.0167. The molecule has 0 radical (unpaired) electrons. The number of amides is 1. The van der Waals surface area contributed by atoms with Gasteiger partial charge in [-0.3, -0.25) is 4.79 Å². The van der Waals surface area contributed by atoms with Crippen molar-refractivity contribution in [2.24, 2.45) is 17.8 Å². The summed E-state index contributed by atoms with van der Waals surface area (Å²) in [6.45, 7) is 0. The van der Waals surface area contributed by atoms with Crippen LogP contribution in [0, 0.1) is 29.1 Å². The summed E-state index contributed by atoms with van der Waals surface area (Å²) in [6.07, 6.45) is 7.65. The number of hydrogen-bond acceptors (Lipinski definition) is 2. The molecule has 21 heavy (non-hydrogen) atoms. The molecule has 4 aliphatic rings. The van der Waals surface area contributed by atoms with E-state index in [1.54, 1.807) is 24.3 Å². The van der Waals surface area contributed by atoms with Gasteiger partial charge in [-0.2, -0.15) is 5.26 Å². The molecule has 4 bridgehead atoms. The quantitative estimate of drug-likeness (QED) is 0.904. The first-order valence-electron chi connectivity index (χ1n) is 7.98. The van der Waals surface area contributed by atoms with Crippen LogP contribution >= 0.6 is 0 Å². The first kappa shape index (κ1) is 12.9. The third kappa shape index (κ3) is 2.23. The molecule has 4 saturated carbocycles. The third-order valence-corrected chi connectivity index (χ3v) is 5.69. The lowest BCUT2D eigenvalue weighted by Crippen LogP contribution is -2.59. The van der Waals surface area contributed by atoms with Crippen molar-refractivity contribution < 1.29 is 4.79 Å². The Morgan fingerprint density at radius 3 is 2.05 bits per heavy atom. The van der Waals surface area contributed by atoms with E-state index >= 15 is 0 Å². The minimum atomic E-state index is 0.0291. The van der Waals surface area contributed by atoms with E-state index in [0.29, 0.717) is 11.1 Å². The van der Waals surface area contributed by atoms with Crippen LogP contribution in [0.2, 0.25) is 0 Å². The van der Waals surface area contributed by atoms with Gasteiger partial charge < -0.3 is 5.32 Å². The number of carbonyl (C=O) groups excluding carboxylic acids is 1. The van der Waals surface area contributed by atoms with Gasteiger partial charge in [-0.25, -0.2) is 0 Å². The van der Waals surface area contributed by atoms with Crippen molar-refractivity contribution in [3.63, 3.8) is 0 Å². The fourth-order valence-electron chi connectivity index (χ4n) is 5.27. The predicted octanol–water partition coefficient (Wildman–Crippen LogP) is 3.26. The first-order valence-corrected chi connectivity index (χ1v) is 7.98. The minimum absolute atomic E-state index is 0.0291. The highest BCUT2D eigenvalue weighted by atomic mass is 16.1.